The average Bonchev–Trinajstić information content (AvgIpc) is 3.44. The molecule has 5 heterocycles. The van der Waals surface area contributed by atoms with Gasteiger partial charge in [0.1, 0.15) is 12.2 Å². The first-order valence-corrected chi connectivity index (χ1v) is 12.6. The molecule has 3 aliphatic heterocycles. The Kier molecular flexibility index (Phi) is 6.02. The van der Waals surface area contributed by atoms with Crippen LogP contribution in [0.1, 0.15) is 24.6 Å². The van der Waals surface area contributed by atoms with E-state index >= 15 is 0 Å². The van der Waals surface area contributed by atoms with Crippen molar-refractivity contribution in [3.8, 4) is 12.1 Å². The van der Waals surface area contributed by atoms with Crippen molar-refractivity contribution in [2.75, 3.05) is 48.4 Å². The highest BCUT2D eigenvalue weighted by Crippen LogP contribution is 2.39. The number of piperidine rings is 1. The third-order valence-corrected chi connectivity index (χ3v) is 7.35. The minimum atomic E-state index is -0.311. The molecule has 0 bridgehead atoms. The molecule has 1 aromatic carbocycles. The second-order valence-corrected chi connectivity index (χ2v) is 9.60. The number of rotatable bonds is 6. The molecule has 2 atom stereocenters. The molecule has 38 heavy (non-hydrogen) atoms. The van der Waals surface area contributed by atoms with Crippen molar-refractivity contribution >= 4 is 46.5 Å². The Balaban J connectivity index is 1.31. The maximum atomic E-state index is 12.5. The molecule has 13 nitrogen and oxygen atoms in total. The number of fused-ring (bicyclic) bond motifs is 2. The summed E-state index contributed by atoms with van der Waals surface area (Å²) >= 11 is 6.87. The zero-order valence-electron chi connectivity index (χ0n) is 20.4. The normalized spacial score (nSPS) is 20.9. The summed E-state index contributed by atoms with van der Waals surface area (Å²) in [5, 5.41) is 30.2. The van der Waals surface area contributed by atoms with Gasteiger partial charge >= 0.3 is 6.09 Å². The molecular formula is C24H23ClN10O3. The lowest BCUT2D eigenvalue weighted by molar-refractivity contribution is -0.0567. The molecule has 0 radical (unpaired) electrons. The van der Waals surface area contributed by atoms with E-state index in [-0.39, 0.29) is 35.9 Å². The Labute approximate surface area is 222 Å². The van der Waals surface area contributed by atoms with Gasteiger partial charge in [-0.3, -0.25) is 4.90 Å². The number of hydrogen-bond donors (Lipinski definition) is 2. The Morgan fingerprint density at radius 1 is 1.26 bits per heavy atom. The van der Waals surface area contributed by atoms with Gasteiger partial charge in [-0.05, 0) is 25.5 Å². The molecule has 1 amide bonds. The van der Waals surface area contributed by atoms with Crippen LogP contribution in [0.5, 0.6) is 0 Å². The number of benzene rings is 1. The minimum absolute atomic E-state index is 0.0164. The summed E-state index contributed by atoms with van der Waals surface area (Å²) < 4.78 is 12.4. The van der Waals surface area contributed by atoms with Crippen LogP contribution in [0.25, 0.3) is 5.65 Å². The summed E-state index contributed by atoms with van der Waals surface area (Å²) in [7, 11) is 0. The lowest BCUT2D eigenvalue weighted by Crippen LogP contribution is -2.57. The smallest absolute Gasteiger partial charge is 0.410 e. The first-order valence-electron chi connectivity index (χ1n) is 12.2. The van der Waals surface area contributed by atoms with Crippen molar-refractivity contribution in [2.24, 2.45) is 0 Å². The summed E-state index contributed by atoms with van der Waals surface area (Å²) in [6.45, 7) is 4.65. The van der Waals surface area contributed by atoms with Crippen LogP contribution in [0, 0.1) is 22.7 Å². The molecule has 3 saturated heterocycles. The number of aromatic nitrogens is 4. The Morgan fingerprint density at radius 3 is 2.82 bits per heavy atom. The highest BCUT2D eigenvalue weighted by molar-refractivity contribution is 6.36. The molecule has 0 aliphatic carbocycles. The molecule has 0 saturated carbocycles. The second-order valence-electron chi connectivity index (χ2n) is 9.22. The number of nitrogens with zero attached hydrogens (tertiary/aromatic N) is 8. The van der Waals surface area contributed by atoms with Gasteiger partial charge in [0, 0.05) is 13.1 Å². The number of imidazole rings is 1. The van der Waals surface area contributed by atoms with Crippen molar-refractivity contribution in [3.05, 3.63) is 34.6 Å². The largest absolute Gasteiger partial charge is 0.442 e. The quantitative estimate of drug-likeness (QED) is 0.478. The number of nitrogens with one attached hydrogen (secondary N) is 2. The SMILES string of the molecule is CCNc1nc(Nc2cc(C#N)cc(N3CCC4C(C3)OC(=O)N4C3COC3)c2Cl)nn2c(C#N)cnc12. The van der Waals surface area contributed by atoms with E-state index in [0.717, 1.165) is 0 Å². The van der Waals surface area contributed by atoms with Gasteiger partial charge in [0.25, 0.3) is 0 Å². The number of halogens is 1. The van der Waals surface area contributed by atoms with E-state index in [2.05, 4.69) is 37.8 Å². The number of ether oxygens (including phenoxy) is 2. The number of anilines is 4. The van der Waals surface area contributed by atoms with Gasteiger partial charge in [-0.2, -0.15) is 20.0 Å². The number of nitriles is 2. The van der Waals surface area contributed by atoms with Gasteiger partial charge in [0.2, 0.25) is 5.95 Å². The second kappa shape index (κ2) is 9.52. The molecule has 194 valence electrons. The van der Waals surface area contributed by atoms with Crippen molar-refractivity contribution in [1.82, 2.24) is 24.5 Å². The predicted octanol–water partition coefficient (Wildman–Crippen LogP) is 2.49. The predicted molar refractivity (Wildman–Crippen MR) is 136 cm³/mol. The topological polar surface area (TPSA) is 157 Å². The first kappa shape index (κ1) is 24.0. The Morgan fingerprint density at radius 2 is 2.11 bits per heavy atom. The van der Waals surface area contributed by atoms with E-state index in [1.54, 1.807) is 12.1 Å². The lowest BCUT2D eigenvalue weighted by atomic mass is 9.98. The summed E-state index contributed by atoms with van der Waals surface area (Å²) in [4.78, 5) is 25.1. The number of hydrogen-bond acceptors (Lipinski definition) is 11. The summed E-state index contributed by atoms with van der Waals surface area (Å²) in [5.41, 5.74) is 2.13. The zero-order chi connectivity index (χ0) is 26.4. The van der Waals surface area contributed by atoms with Crippen LogP contribution in [0.3, 0.4) is 0 Å². The molecule has 2 aromatic heterocycles. The van der Waals surface area contributed by atoms with Gasteiger partial charge in [0.15, 0.2) is 17.2 Å². The van der Waals surface area contributed by atoms with E-state index in [0.29, 0.717) is 72.7 Å². The van der Waals surface area contributed by atoms with Crippen LogP contribution < -0.4 is 15.5 Å². The maximum absolute atomic E-state index is 12.5. The van der Waals surface area contributed by atoms with E-state index in [1.807, 2.05) is 16.7 Å². The Bertz CT molecular complexity index is 1510. The van der Waals surface area contributed by atoms with Crippen molar-refractivity contribution in [1.29, 1.82) is 10.5 Å². The van der Waals surface area contributed by atoms with Gasteiger partial charge in [-0.1, -0.05) is 11.6 Å². The summed E-state index contributed by atoms with van der Waals surface area (Å²) in [5.74, 6) is 0.624. The van der Waals surface area contributed by atoms with Crippen LogP contribution in [0.4, 0.5) is 27.9 Å². The molecule has 0 spiro atoms. The maximum Gasteiger partial charge on any atom is 0.410 e. The molecule has 6 rings (SSSR count). The first-order chi connectivity index (χ1) is 18.5. The molecule has 14 heteroatoms. The Hall–Kier alpha value is -4.33. The monoisotopic (exact) mass is 534 g/mol. The van der Waals surface area contributed by atoms with Crippen molar-refractivity contribution < 1.29 is 14.3 Å². The van der Waals surface area contributed by atoms with E-state index in [4.69, 9.17) is 21.1 Å². The zero-order valence-corrected chi connectivity index (χ0v) is 21.1. The number of carbonyl (C=O) groups excluding carboxylic acids is 1. The molecular weight excluding hydrogens is 512 g/mol. The van der Waals surface area contributed by atoms with Crippen LogP contribution in [-0.2, 0) is 9.47 Å². The number of amides is 1. The molecule has 3 fully saturated rings. The average molecular weight is 535 g/mol. The fourth-order valence-corrected chi connectivity index (χ4v) is 5.37. The van der Waals surface area contributed by atoms with Crippen LogP contribution in [0.2, 0.25) is 5.02 Å². The highest BCUT2D eigenvalue weighted by Gasteiger charge is 2.49. The third kappa shape index (κ3) is 3.97. The van der Waals surface area contributed by atoms with E-state index in [9.17, 15) is 15.3 Å². The third-order valence-electron chi connectivity index (χ3n) is 6.95. The molecule has 3 aromatic rings. The lowest BCUT2D eigenvalue weighted by Gasteiger charge is -2.41. The van der Waals surface area contributed by atoms with Gasteiger partial charge in [-0.15, -0.1) is 5.10 Å². The molecule has 2 N–H and O–H groups in total. The standard InChI is InChI=1S/C24H23ClN10O3/c1-2-28-21-22-29-9-14(8-27)35(22)32-23(31-21)30-16-5-13(7-26)6-18(20(16)25)33-4-3-17-19(10-33)38-24(36)34(17)15-11-37-12-15/h5-6,9,15,17,19H,2-4,10-12H2,1H3,(H2,28,30,31,32). The van der Waals surface area contributed by atoms with Crippen LogP contribution in [0.15, 0.2) is 18.3 Å². The fraction of sp³-hybridized carbons (Fsp3) is 0.417. The number of carbonyl (C=O) groups is 1. The molecule has 2 unspecified atom stereocenters. The van der Waals surface area contributed by atoms with Gasteiger partial charge < -0.3 is 25.0 Å². The van der Waals surface area contributed by atoms with Crippen molar-refractivity contribution in [3.63, 3.8) is 0 Å². The van der Waals surface area contributed by atoms with Crippen molar-refractivity contribution in [2.45, 2.75) is 31.5 Å². The minimum Gasteiger partial charge on any atom is -0.442 e. The molecule has 3 aliphatic rings. The summed E-state index contributed by atoms with van der Waals surface area (Å²) in [6.07, 6.45) is 1.50. The van der Waals surface area contributed by atoms with Gasteiger partial charge in [-0.25, -0.2) is 9.78 Å². The van der Waals surface area contributed by atoms with E-state index < -0.39 is 0 Å². The highest BCUT2D eigenvalue weighted by atomic mass is 35.5. The fourth-order valence-electron chi connectivity index (χ4n) is 5.10. The van der Waals surface area contributed by atoms with E-state index in [1.165, 1.54) is 10.7 Å². The van der Waals surface area contributed by atoms with Crippen LogP contribution in [-0.4, -0.2) is 81.6 Å². The summed E-state index contributed by atoms with van der Waals surface area (Å²) in [6, 6.07) is 7.63. The van der Waals surface area contributed by atoms with Crippen LogP contribution >= 0.6 is 11.6 Å². The van der Waals surface area contributed by atoms with Gasteiger partial charge in [0.05, 0.1) is 66.1 Å².